The summed E-state index contributed by atoms with van der Waals surface area (Å²) in [5.41, 5.74) is 0.165. The Balaban J connectivity index is 1.69. The van der Waals surface area contributed by atoms with E-state index in [1.54, 1.807) is 0 Å². The van der Waals surface area contributed by atoms with Crippen molar-refractivity contribution in [1.29, 1.82) is 0 Å². The van der Waals surface area contributed by atoms with Crippen molar-refractivity contribution in [2.75, 3.05) is 38.5 Å². The topological polar surface area (TPSA) is 44.4 Å². The number of halogens is 2. The van der Waals surface area contributed by atoms with Crippen LogP contribution in [0.25, 0.3) is 0 Å². The van der Waals surface area contributed by atoms with Gasteiger partial charge in [0.1, 0.15) is 11.6 Å². The van der Waals surface area contributed by atoms with Gasteiger partial charge in [0.15, 0.2) is 0 Å². The highest BCUT2D eigenvalue weighted by Crippen LogP contribution is 2.20. The van der Waals surface area contributed by atoms with Crippen LogP contribution >= 0.6 is 0 Å². The zero-order valence-electron chi connectivity index (χ0n) is 13.6. The summed E-state index contributed by atoms with van der Waals surface area (Å²) < 4.78 is 26.2. The predicted octanol–water partition coefficient (Wildman–Crippen LogP) is 2.61. The number of nitrogens with one attached hydrogen (secondary N) is 2. The lowest BCUT2D eigenvalue weighted by molar-refractivity contribution is -0.116. The van der Waals surface area contributed by atoms with Crippen molar-refractivity contribution in [1.82, 2.24) is 10.2 Å². The van der Waals surface area contributed by atoms with Crippen molar-refractivity contribution in [3.63, 3.8) is 0 Å². The summed E-state index contributed by atoms with van der Waals surface area (Å²) in [6.45, 7) is 3.76. The van der Waals surface area contributed by atoms with E-state index in [4.69, 9.17) is 0 Å². The van der Waals surface area contributed by atoms with E-state index in [2.05, 4.69) is 15.5 Å². The van der Waals surface area contributed by atoms with Gasteiger partial charge in [-0.05, 0) is 64.0 Å². The Kier molecular flexibility index (Phi) is 6.92. The van der Waals surface area contributed by atoms with E-state index in [0.717, 1.165) is 43.8 Å². The molecule has 0 atom stereocenters. The smallest absolute Gasteiger partial charge is 0.225 e. The first-order valence-electron chi connectivity index (χ1n) is 8.19. The van der Waals surface area contributed by atoms with Crippen LogP contribution in [0.5, 0.6) is 0 Å². The van der Waals surface area contributed by atoms with E-state index in [1.165, 1.54) is 19.3 Å². The van der Waals surface area contributed by atoms with Gasteiger partial charge in [0, 0.05) is 24.7 Å². The van der Waals surface area contributed by atoms with Crippen LogP contribution < -0.4 is 10.6 Å². The van der Waals surface area contributed by atoms with Gasteiger partial charge in [0.2, 0.25) is 5.91 Å². The van der Waals surface area contributed by atoms with Crippen molar-refractivity contribution in [2.24, 2.45) is 5.92 Å². The molecule has 0 bridgehead atoms. The second-order valence-corrected chi connectivity index (χ2v) is 6.13. The zero-order chi connectivity index (χ0) is 16.7. The van der Waals surface area contributed by atoms with E-state index in [0.29, 0.717) is 13.0 Å². The van der Waals surface area contributed by atoms with Gasteiger partial charge in [-0.1, -0.05) is 0 Å². The maximum absolute atomic E-state index is 13.1. The Labute approximate surface area is 136 Å². The number of carbonyl (C=O) groups excluding carboxylic acids is 1. The molecule has 0 unspecified atom stereocenters. The number of nitrogens with zero attached hydrogens (tertiary/aromatic N) is 1. The van der Waals surface area contributed by atoms with Crippen LogP contribution in [0.4, 0.5) is 14.5 Å². The Morgan fingerprint density at radius 2 is 1.87 bits per heavy atom. The molecular weight excluding hydrogens is 300 g/mol. The van der Waals surface area contributed by atoms with Gasteiger partial charge < -0.3 is 15.5 Å². The minimum Gasteiger partial charge on any atom is -0.326 e. The molecule has 1 aliphatic heterocycles. The number of carbonyl (C=O) groups is 1. The van der Waals surface area contributed by atoms with Gasteiger partial charge in [-0.3, -0.25) is 4.79 Å². The monoisotopic (exact) mass is 325 g/mol. The van der Waals surface area contributed by atoms with E-state index in [9.17, 15) is 13.6 Å². The highest BCUT2D eigenvalue weighted by Gasteiger charge is 2.19. The van der Waals surface area contributed by atoms with E-state index in [-0.39, 0.29) is 11.6 Å². The molecule has 1 aromatic rings. The van der Waals surface area contributed by atoms with Gasteiger partial charge in [-0.25, -0.2) is 8.78 Å². The first-order chi connectivity index (χ1) is 11.1. The van der Waals surface area contributed by atoms with E-state index in [1.807, 2.05) is 7.05 Å². The van der Waals surface area contributed by atoms with Crippen molar-refractivity contribution < 1.29 is 13.6 Å². The lowest BCUT2D eigenvalue weighted by Gasteiger charge is -2.31. The van der Waals surface area contributed by atoms with Crippen molar-refractivity contribution in [3.8, 4) is 0 Å². The second kappa shape index (κ2) is 8.93. The minimum absolute atomic E-state index is 0.165. The Hall–Kier alpha value is -1.53. The molecule has 1 amide bonds. The third-order valence-electron chi connectivity index (χ3n) is 4.31. The predicted molar refractivity (Wildman–Crippen MR) is 87.3 cm³/mol. The number of rotatable bonds is 7. The molecule has 6 heteroatoms. The van der Waals surface area contributed by atoms with Crippen molar-refractivity contribution >= 4 is 11.6 Å². The molecule has 1 saturated heterocycles. The fourth-order valence-electron chi connectivity index (χ4n) is 2.96. The van der Waals surface area contributed by atoms with Crippen LogP contribution in [0.2, 0.25) is 0 Å². The molecule has 4 nitrogen and oxygen atoms in total. The van der Waals surface area contributed by atoms with Crippen LogP contribution in [0, 0.1) is 17.6 Å². The number of hydrogen-bond donors (Lipinski definition) is 2. The third-order valence-corrected chi connectivity index (χ3v) is 4.31. The maximum atomic E-state index is 13.1. The van der Waals surface area contributed by atoms with Gasteiger partial charge in [-0.2, -0.15) is 0 Å². The first-order valence-corrected chi connectivity index (χ1v) is 8.19. The fourth-order valence-corrected chi connectivity index (χ4v) is 2.96. The molecule has 0 aliphatic carbocycles. The Bertz CT molecular complexity index is 496. The molecule has 2 N–H and O–H groups in total. The van der Waals surface area contributed by atoms with Crippen molar-refractivity contribution in [3.05, 3.63) is 29.8 Å². The SMILES string of the molecule is CNCCC1CCN(CCC(=O)Nc2cc(F)cc(F)c2)CC1. The average molecular weight is 325 g/mol. The fraction of sp³-hybridized carbons (Fsp3) is 0.588. The molecule has 1 fully saturated rings. The first kappa shape index (κ1) is 17.8. The molecule has 1 aliphatic rings. The number of amides is 1. The molecule has 0 spiro atoms. The van der Waals surface area contributed by atoms with Crippen LogP contribution in [0.1, 0.15) is 25.7 Å². The number of likely N-dealkylation sites (tertiary alicyclic amines) is 1. The molecule has 2 rings (SSSR count). The van der Waals surface area contributed by atoms with Crippen LogP contribution in [0.3, 0.4) is 0 Å². The lowest BCUT2D eigenvalue weighted by atomic mass is 9.93. The molecule has 128 valence electrons. The summed E-state index contributed by atoms with van der Waals surface area (Å²) in [7, 11) is 1.97. The quantitative estimate of drug-likeness (QED) is 0.810. The summed E-state index contributed by atoms with van der Waals surface area (Å²) in [6.07, 6.45) is 3.87. The molecular formula is C17H25F2N3O. The molecule has 23 heavy (non-hydrogen) atoms. The maximum Gasteiger partial charge on any atom is 0.225 e. The second-order valence-electron chi connectivity index (χ2n) is 6.13. The summed E-state index contributed by atoms with van der Waals surface area (Å²) in [6, 6.07) is 3.02. The average Bonchev–Trinajstić information content (AvgIpc) is 2.51. The molecule has 1 aromatic carbocycles. The molecule has 0 aromatic heterocycles. The van der Waals surface area contributed by atoms with E-state index >= 15 is 0 Å². The summed E-state index contributed by atoms with van der Waals surface area (Å²) >= 11 is 0. The van der Waals surface area contributed by atoms with Crippen LogP contribution in [0.15, 0.2) is 18.2 Å². The van der Waals surface area contributed by atoms with Gasteiger partial charge in [-0.15, -0.1) is 0 Å². The molecule has 0 saturated carbocycles. The summed E-state index contributed by atoms with van der Waals surface area (Å²) in [5, 5.41) is 5.72. The summed E-state index contributed by atoms with van der Waals surface area (Å²) in [4.78, 5) is 14.2. The Morgan fingerprint density at radius 3 is 2.48 bits per heavy atom. The normalized spacial score (nSPS) is 16.5. The number of benzene rings is 1. The lowest BCUT2D eigenvalue weighted by Crippen LogP contribution is -2.36. The van der Waals surface area contributed by atoms with Gasteiger partial charge in [0.25, 0.3) is 0 Å². The Morgan fingerprint density at radius 1 is 1.22 bits per heavy atom. The number of hydrogen-bond acceptors (Lipinski definition) is 3. The largest absolute Gasteiger partial charge is 0.326 e. The van der Waals surface area contributed by atoms with Gasteiger partial charge >= 0.3 is 0 Å². The van der Waals surface area contributed by atoms with Gasteiger partial charge in [0.05, 0.1) is 0 Å². The van der Waals surface area contributed by atoms with Crippen molar-refractivity contribution in [2.45, 2.75) is 25.7 Å². The molecule has 1 heterocycles. The highest BCUT2D eigenvalue weighted by atomic mass is 19.1. The zero-order valence-corrected chi connectivity index (χ0v) is 13.6. The highest BCUT2D eigenvalue weighted by molar-refractivity contribution is 5.90. The number of piperidine rings is 1. The standard InChI is InChI=1S/C17H25F2N3O/c1-20-6-2-13-3-7-22(8-4-13)9-5-17(23)21-16-11-14(18)10-15(19)12-16/h10-13,20H,2-9H2,1H3,(H,21,23). The summed E-state index contributed by atoms with van der Waals surface area (Å²) in [5.74, 6) is -0.831. The van der Waals surface area contributed by atoms with Crippen LogP contribution in [-0.4, -0.2) is 44.0 Å². The third kappa shape index (κ3) is 6.23. The number of anilines is 1. The minimum atomic E-state index is -0.691. The van der Waals surface area contributed by atoms with Crippen LogP contribution in [-0.2, 0) is 4.79 Å². The molecule has 0 radical (unpaired) electrons. The van der Waals surface area contributed by atoms with E-state index < -0.39 is 11.6 Å².